The highest BCUT2D eigenvalue weighted by Crippen LogP contribution is 2.36. The van der Waals surface area contributed by atoms with Crippen molar-refractivity contribution in [2.45, 2.75) is 73.3 Å². The van der Waals surface area contributed by atoms with Gasteiger partial charge in [-0.1, -0.05) is 32.0 Å². The van der Waals surface area contributed by atoms with Crippen LogP contribution in [-0.4, -0.2) is 52.1 Å². The first kappa shape index (κ1) is 32.1. The van der Waals surface area contributed by atoms with Gasteiger partial charge in [-0.05, 0) is 65.3 Å². The number of benzene rings is 1. The SMILES string of the molecule is CCN(OCNc1c(C)[nH]c(/C=C2\C(=O)Nc3cc(NC(=O)Nc4cc(C(C)(C)C)on4)ccc32)c1C)C(=O)OC(C)(C)C. The second-order valence-corrected chi connectivity index (χ2v) is 12.5. The molecule has 0 bridgehead atoms. The number of hydroxylamine groups is 2. The number of anilines is 4. The Hall–Kier alpha value is -4.78. The van der Waals surface area contributed by atoms with E-state index in [0.717, 1.165) is 27.7 Å². The number of aromatic amines is 1. The summed E-state index contributed by atoms with van der Waals surface area (Å²) in [5, 5.41) is 16.5. The molecule has 0 unspecified atom stereocenters. The van der Waals surface area contributed by atoms with Crippen LogP contribution in [0.1, 0.15) is 76.7 Å². The van der Waals surface area contributed by atoms with Crippen LogP contribution in [0.2, 0.25) is 0 Å². The Labute approximate surface area is 256 Å². The first-order valence-corrected chi connectivity index (χ1v) is 14.3. The highest BCUT2D eigenvalue weighted by molar-refractivity contribution is 6.35. The molecule has 0 spiro atoms. The van der Waals surface area contributed by atoms with Crippen LogP contribution < -0.4 is 21.3 Å². The van der Waals surface area contributed by atoms with Crippen LogP contribution in [0.25, 0.3) is 11.6 Å². The molecule has 4 rings (SSSR count). The molecule has 4 amide bonds. The molecule has 0 saturated heterocycles. The van der Waals surface area contributed by atoms with Gasteiger partial charge in [-0.3, -0.25) is 10.1 Å². The fourth-order valence-electron chi connectivity index (χ4n) is 4.48. The summed E-state index contributed by atoms with van der Waals surface area (Å²) in [5.41, 5.74) is 4.62. The van der Waals surface area contributed by atoms with Gasteiger partial charge in [0.15, 0.2) is 5.82 Å². The minimum Gasteiger partial charge on any atom is -0.442 e. The Morgan fingerprint density at radius 2 is 1.82 bits per heavy atom. The summed E-state index contributed by atoms with van der Waals surface area (Å²) in [7, 11) is 0. The Balaban J connectivity index is 1.42. The van der Waals surface area contributed by atoms with Gasteiger partial charge in [0, 0.05) is 40.7 Å². The van der Waals surface area contributed by atoms with Crippen molar-refractivity contribution in [2.24, 2.45) is 0 Å². The summed E-state index contributed by atoms with van der Waals surface area (Å²) >= 11 is 0. The van der Waals surface area contributed by atoms with Gasteiger partial charge in [-0.25, -0.2) is 14.4 Å². The molecule has 1 aliphatic rings. The van der Waals surface area contributed by atoms with Crippen molar-refractivity contribution in [2.75, 3.05) is 34.5 Å². The average Bonchev–Trinajstić information content (AvgIpc) is 3.57. The molecule has 0 saturated carbocycles. The van der Waals surface area contributed by atoms with Gasteiger partial charge in [0.1, 0.15) is 18.1 Å². The fourth-order valence-corrected chi connectivity index (χ4v) is 4.48. The van der Waals surface area contributed by atoms with E-state index in [-0.39, 0.29) is 18.1 Å². The Bertz CT molecular complexity index is 1590. The third-order valence-electron chi connectivity index (χ3n) is 6.67. The smallest absolute Gasteiger partial charge is 0.434 e. The topological polar surface area (TPSA) is 163 Å². The number of ether oxygens (including phenoxy) is 1. The Morgan fingerprint density at radius 3 is 2.45 bits per heavy atom. The number of hydrogen-bond acceptors (Lipinski definition) is 8. The van der Waals surface area contributed by atoms with Crippen molar-refractivity contribution in [1.29, 1.82) is 0 Å². The van der Waals surface area contributed by atoms with Crippen LogP contribution in [0, 0.1) is 13.8 Å². The molecule has 13 heteroatoms. The second-order valence-electron chi connectivity index (χ2n) is 12.5. The molecule has 2 aromatic heterocycles. The number of nitrogens with zero attached hydrogens (tertiary/aromatic N) is 2. The number of fused-ring (bicyclic) bond motifs is 1. The van der Waals surface area contributed by atoms with E-state index in [0.29, 0.717) is 40.6 Å². The van der Waals surface area contributed by atoms with Crippen molar-refractivity contribution in [3.63, 3.8) is 0 Å². The normalized spacial score (nSPS) is 13.8. The molecule has 3 heterocycles. The fraction of sp³-hybridized carbons (Fsp3) is 0.419. The predicted molar refractivity (Wildman–Crippen MR) is 169 cm³/mol. The Kier molecular flexibility index (Phi) is 9.09. The largest absolute Gasteiger partial charge is 0.442 e. The molecule has 0 radical (unpaired) electrons. The zero-order valence-corrected chi connectivity index (χ0v) is 26.6. The van der Waals surface area contributed by atoms with Crippen LogP contribution >= 0.6 is 0 Å². The summed E-state index contributed by atoms with van der Waals surface area (Å²) in [5.74, 6) is 0.687. The van der Waals surface area contributed by atoms with E-state index in [1.165, 1.54) is 0 Å². The monoisotopic (exact) mass is 607 g/mol. The van der Waals surface area contributed by atoms with E-state index in [4.69, 9.17) is 14.1 Å². The predicted octanol–water partition coefficient (Wildman–Crippen LogP) is 6.61. The van der Waals surface area contributed by atoms with Crippen molar-refractivity contribution in [3.05, 3.63) is 52.5 Å². The number of amides is 4. The number of aryl methyl sites for hydroxylation is 1. The van der Waals surface area contributed by atoms with E-state index in [9.17, 15) is 14.4 Å². The lowest BCUT2D eigenvalue weighted by Crippen LogP contribution is -2.37. The molecule has 0 aliphatic carbocycles. The van der Waals surface area contributed by atoms with Crippen LogP contribution in [0.3, 0.4) is 0 Å². The van der Waals surface area contributed by atoms with Gasteiger partial charge in [0.05, 0.1) is 16.9 Å². The molecule has 13 nitrogen and oxygen atoms in total. The molecular weight excluding hydrogens is 566 g/mol. The highest BCUT2D eigenvalue weighted by atomic mass is 16.7. The zero-order chi connectivity index (χ0) is 32.4. The first-order valence-electron chi connectivity index (χ1n) is 14.3. The van der Waals surface area contributed by atoms with Crippen molar-refractivity contribution in [1.82, 2.24) is 15.2 Å². The van der Waals surface area contributed by atoms with Gasteiger partial charge >= 0.3 is 12.1 Å². The van der Waals surface area contributed by atoms with Crippen LogP contribution in [0.15, 0.2) is 28.8 Å². The molecule has 236 valence electrons. The minimum atomic E-state index is -0.634. The maximum Gasteiger partial charge on any atom is 0.434 e. The van der Waals surface area contributed by atoms with Crippen LogP contribution in [0.4, 0.5) is 32.5 Å². The summed E-state index contributed by atoms with van der Waals surface area (Å²) in [6, 6.07) is 6.38. The van der Waals surface area contributed by atoms with Crippen molar-refractivity contribution >= 4 is 52.6 Å². The van der Waals surface area contributed by atoms with Gasteiger partial charge in [-0.2, -0.15) is 5.06 Å². The Morgan fingerprint density at radius 1 is 1.09 bits per heavy atom. The number of urea groups is 1. The number of carbonyl (C=O) groups excluding carboxylic acids is 3. The molecule has 5 N–H and O–H groups in total. The lowest BCUT2D eigenvalue weighted by atomic mass is 9.93. The van der Waals surface area contributed by atoms with E-state index in [1.54, 1.807) is 58.0 Å². The van der Waals surface area contributed by atoms with Crippen molar-refractivity contribution < 1.29 is 28.5 Å². The summed E-state index contributed by atoms with van der Waals surface area (Å²) in [4.78, 5) is 46.8. The highest BCUT2D eigenvalue weighted by Gasteiger charge is 2.26. The second kappa shape index (κ2) is 12.4. The maximum atomic E-state index is 12.9. The number of hydrogen-bond donors (Lipinski definition) is 5. The maximum absolute atomic E-state index is 12.9. The zero-order valence-electron chi connectivity index (χ0n) is 26.6. The number of rotatable bonds is 8. The number of H-pyrrole nitrogens is 1. The number of carbonyl (C=O) groups is 3. The van der Waals surface area contributed by atoms with E-state index >= 15 is 0 Å². The minimum absolute atomic E-state index is 0.0315. The molecular formula is C31H41N7O6. The molecule has 1 aliphatic heterocycles. The van der Waals surface area contributed by atoms with Crippen molar-refractivity contribution in [3.8, 4) is 0 Å². The molecule has 0 atom stereocenters. The lowest BCUT2D eigenvalue weighted by molar-refractivity contribution is -0.138. The third-order valence-corrected chi connectivity index (χ3v) is 6.67. The summed E-state index contributed by atoms with van der Waals surface area (Å²) < 4.78 is 10.7. The van der Waals surface area contributed by atoms with E-state index in [2.05, 4.69) is 31.4 Å². The molecule has 44 heavy (non-hydrogen) atoms. The number of aromatic nitrogens is 2. The summed E-state index contributed by atoms with van der Waals surface area (Å²) in [6.07, 6.45) is 1.22. The molecule has 1 aromatic carbocycles. The molecule has 0 fully saturated rings. The third kappa shape index (κ3) is 7.59. The first-order chi connectivity index (χ1) is 20.6. The summed E-state index contributed by atoms with van der Waals surface area (Å²) in [6.45, 7) is 17.3. The standard InChI is InChI=1S/C31H41N7O6/c1-10-38(29(41)43-31(7,8)9)42-16-32-26-17(2)22(33-18(26)3)14-21-20-12-11-19(13-23(20)35-27(21)39)34-28(40)36-25-15-24(44-37-25)30(4,5)6/h11-15,32-33H,10,16H2,1-9H3,(H,35,39)(H2,34,36,37,40)/b21-14-. The van der Waals surface area contributed by atoms with Crippen LogP contribution in [-0.2, 0) is 19.8 Å². The van der Waals surface area contributed by atoms with E-state index in [1.807, 2.05) is 34.6 Å². The quantitative estimate of drug-likeness (QED) is 0.108. The number of nitrogens with one attached hydrogen (secondary N) is 5. The average molecular weight is 608 g/mol. The molecule has 3 aromatic rings. The van der Waals surface area contributed by atoms with E-state index < -0.39 is 17.7 Å². The van der Waals surface area contributed by atoms with Gasteiger partial charge in [0.25, 0.3) is 5.91 Å². The van der Waals surface area contributed by atoms with Crippen LogP contribution in [0.5, 0.6) is 0 Å². The van der Waals surface area contributed by atoms with Gasteiger partial charge < -0.3 is 30.2 Å². The van der Waals surface area contributed by atoms with Gasteiger partial charge in [0.2, 0.25) is 0 Å². The lowest BCUT2D eigenvalue weighted by Gasteiger charge is -2.25. The van der Waals surface area contributed by atoms with Gasteiger partial charge in [-0.15, -0.1) is 0 Å².